The van der Waals surface area contributed by atoms with Crippen molar-refractivity contribution in [3.05, 3.63) is 0 Å². The number of rotatable bonds is 1. The fraction of sp³-hybridized carbons (Fsp3) is 1.00. The zero-order valence-electron chi connectivity index (χ0n) is 8.64. The second-order valence-electron chi connectivity index (χ2n) is 5.50. The van der Waals surface area contributed by atoms with E-state index in [0.29, 0.717) is 5.54 Å². The minimum absolute atomic E-state index is 0.406. The van der Waals surface area contributed by atoms with Crippen molar-refractivity contribution in [2.24, 2.45) is 11.8 Å². The van der Waals surface area contributed by atoms with E-state index in [4.69, 9.17) is 0 Å². The summed E-state index contributed by atoms with van der Waals surface area (Å²) in [4.78, 5) is 2.65. The molecule has 70 valence electrons. The molecule has 0 aromatic rings. The van der Waals surface area contributed by atoms with Gasteiger partial charge in [-0.05, 0) is 58.4 Å². The molecule has 1 unspecified atom stereocenters. The van der Waals surface area contributed by atoms with E-state index >= 15 is 0 Å². The van der Waals surface area contributed by atoms with E-state index in [1.54, 1.807) is 0 Å². The molecule has 0 bridgehead atoms. The summed E-state index contributed by atoms with van der Waals surface area (Å²) < 4.78 is 0. The molecule has 2 aliphatic rings. The van der Waals surface area contributed by atoms with Crippen molar-refractivity contribution in [3.63, 3.8) is 0 Å². The van der Waals surface area contributed by atoms with Crippen molar-refractivity contribution in [1.82, 2.24) is 4.90 Å². The Bertz CT molecular complexity index is 164. The summed E-state index contributed by atoms with van der Waals surface area (Å²) in [5.74, 6) is 2.15. The maximum atomic E-state index is 2.65. The van der Waals surface area contributed by atoms with Gasteiger partial charge in [-0.15, -0.1) is 0 Å². The van der Waals surface area contributed by atoms with E-state index in [9.17, 15) is 0 Å². The van der Waals surface area contributed by atoms with E-state index in [2.05, 4.69) is 25.7 Å². The largest absolute Gasteiger partial charge is 0.298 e. The lowest BCUT2D eigenvalue weighted by Gasteiger charge is -2.31. The van der Waals surface area contributed by atoms with Crippen molar-refractivity contribution in [2.75, 3.05) is 13.1 Å². The van der Waals surface area contributed by atoms with Crippen molar-refractivity contribution in [3.8, 4) is 0 Å². The van der Waals surface area contributed by atoms with E-state index in [-0.39, 0.29) is 0 Å². The van der Waals surface area contributed by atoms with Crippen molar-refractivity contribution >= 4 is 0 Å². The van der Waals surface area contributed by atoms with E-state index in [0.717, 1.165) is 11.8 Å². The Hall–Kier alpha value is -0.0400. The Balaban J connectivity index is 1.88. The van der Waals surface area contributed by atoms with Crippen LogP contribution in [0.4, 0.5) is 0 Å². The Morgan fingerprint density at radius 2 is 1.67 bits per heavy atom. The van der Waals surface area contributed by atoms with Gasteiger partial charge in [-0.25, -0.2) is 0 Å². The van der Waals surface area contributed by atoms with Crippen LogP contribution in [-0.4, -0.2) is 23.5 Å². The molecular formula is C11H21N. The summed E-state index contributed by atoms with van der Waals surface area (Å²) in [7, 11) is 0. The fourth-order valence-corrected chi connectivity index (χ4v) is 2.35. The molecule has 1 heterocycles. The van der Waals surface area contributed by atoms with Gasteiger partial charge in [0.2, 0.25) is 0 Å². The predicted octanol–water partition coefficient (Wildman–Crippen LogP) is 2.52. The van der Waals surface area contributed by atoms with E-state index < -0.39 is 0 Å². The molecule has 2 fully saturated rings. The molecule has 0 radical (unpaired) electrons. The molecule has 1 atom stereocenters. The monoisotopic (exact) mass is 167 g/mol. The second-order valence-corrected chi connectivity index (χ2v) is 5.50. The van der Waals surface area contributed by atoms with Crippen LogP contribution < -0.4 is 0 Å². The van der Waals surface area contributed by atoms with Crippen LogP contribution in [0.5, 0.6) is 0 Å². The van der Waals surface area contributed by atoms with Gasteiger partial charge >= 0.3 is 0 Å². The third-order valence-electron chi connectivity index (χ3n) is 3.46. The fourth-order valence-electron chi connectivity index (χ4n) is 2.35. The predicted molar refractivity (Wildman–Crippen MR) is 52.2 cm³/mol. The standard InChI is InChI=1S/C11H21N/c1-11(2,3)12-7-6-10(8-12)9-4-5-9/h9-10H,4-8H2,1-3H3. The molecule has 12 heavy (non-hydrogen) atoms. The summed E-state index contributed by atoms with van der Waals surface area (Å²) in [6.45, 7) is 9.71. The smallest absolute Gasteiger partial charge is 0.0125 e. The molecule has 0 amide bonds. The lowest BCUT2D eigenvalue weighted by molar-refractivity contribution is 0.166. The molecule has 1 heteroatoms. The molecule has 1 aliphatic carbocycles. The molecule has 0 aromatic heterocycles. The molecule has 2 rings (SSSR count). The van der Waals surface area contributed by atoms with Crippen LogP contribution in [-0.2, 0) is 0 Å². The second kappa shape index (κ2) is 2.73. The van der Waals surface area contributed by atoms with Gasteiger partial charge in [0, 0.05) is 12.1 Å². The zero-order valence-corrected chi connectivity index (χ0v) is 8.64. The van der Waals surface area contributed by atoms with Gasteiger partial charge in [0.15, 0.2) is 0 Å². The highest BCUT2D eigenvalue weighted by Crippen LogP contribution is 2.42. The van der Waals surface area contributed by atoms with Gasteiger partial charge in [-0.3, -0.25) is 4.90 Å². The molecule has 1 saturated heterocycles. The van der Waals surface area contributed by atoms with Crippen molar-refractivity contribution in [2.45, 2.75) is 45.6 Å². The summed E-state index contributed by atoms with van der Waals surface area (Å²) in [6.07, 6.45) is 4.49. The summed E-state index contributed by atoms with van der Waals surface area (Å²) in [5.41, 5.74) is 0.406. The maximum Gasteiger partial charge on any atom is 0.0125 e. The van der Waals surface area contributed by atoms with Crippen molar-refractivity contribution < 1.29 is 0 Å². The minimum Gasteiger partial charge on any atom is -0.298 e. The van der Waals surface area contributed by atoms with Crippen molar-refractivity contribution in [1.29, 1.82) is 0 Å². The molecule has 0 spiro atoms. The van der Waals surface area contributed by atoms with Crippen LogP contribution in [0.15, 0.2) is 0 Å². The Kier molecular flexibility index (Phi) is 1.95. The topological polar surface area (TPSA) is 3.24 Å². The van der Waals surface area contributed by atoms with Gasteiger partial charge in [0.1, 0.15) is 0 Å². The van der Waals surface area contributed by atoms with Crippen LogP contribution in [0.25, 0.3) is 0 Å². The first-order valence-corrected chi connectivity index (χ1v) is 5.32. The van der Waals surface area contributed by atoms with Gasteiger partial charge in [0.25, 0.3) is 0 Å². The van der Waals surface area contributed by atoms with Crippen LogP contribution in [0.3, 0.4) is 0 Å². The van der Waals surface area contributed by atoms with Crippen LogP contribution in [0.2, 0.25) is 0 Å². The molecule has 1 nitrogen and oxygen atoms in total. The molecule has 1 saturated carbocycles. The van der Waals surface area contributed by atoms with Gasteiger partial charge in [-0.1, -0.05) is 0 Å². The number of nitrogens with zero attached hydrogens (tertiary/aromatic N) is 1. The summed E-state index contributed by atoms with van der Waals surface area (Å²) >= 11 is 0. The lowest BCUT2D eigenvalue weighted by atomic mass is 10.0. The zero-order chi connectivity index (χ0) is 8.77. The first-order chi connectivity index (χ1) is 5.57. The number of hydrogen-bond acceptors (Lipinski definition) is 1. The van der Waals surface area contributed by atoms with Crippen LogP contribution in [0.1, 0.15) is 40.0 Å². The average Bonchev–Trinajstić information content (AvgIpc) is 2.66. The average molecular weight is 167 g/mol. The Labute approximate surface area is 76.1 Å². The van der Waals surface area contributed by atoms with Gasteiger partial charge in [0.05, 0.1) is 0 Å². The molecular weight excluding hydrogens is 146 g/mol. The highest BCUT2D eigenvalue weighted by molar-refractivity contribution is 4.91. The maximum absolute atomic E-state index is 2.65. The third kappa shape index (κ3) is 1.66. The van der Waals surface area contributed by atoms with Gasteiger partial charge in [-0.2, -0.15) is 0 Å². The number of likely N-dealkylation sites (tertiary alicyclic amines) is 1. The molecule has 0 aromatic carbocycles. The van der Waals surface area contributed by atoms with E-state index in [1.165, 1.54) is 32.4 Å². The SMILES string of the molecule is CC(C)(C)N1CCC(C2CC2)C1. The Morgan fingerprint density at radius 1 is 1.00 bits per heavy atom. The third-order valence-corrected chi connectivity index (χ3v) is 3.46. The summed E-state index contributed by atoms with van der Waals surface area (Å²) in [5, 5.41) is 0. The quantitative estimate of drug-likeness (QED) is 0.580. The van der Waals surface area contributed by atoms with Crippen LogP contribution >= 0.6 is 0 Å². The lowest BCUT2D eigenvalue weighted by Crippen LogP contribution is -2.39. The van der Waals surface area contributed by atoms with E-state index in [1.807, 2.05) is 0 Å². The van der Waals surface area contributed by atoms with Gasteiger partial charge < -0.3 is 0 Å². The molecule has 1 aliphatic heterocycles. The number of hydrogen-bond donors (Lipinski definition) is 0. The first-order valence-electron chi connectivity index (χ1n) is 5.32. The molecule has 0 N–H and O–H groups in total. The normalized spacial score (nSPS) is 32.8. The van der Waals surface area contributed by atoms with Crippen LogP contribution in [0, 0.1) is 11.8 Å². The Morgan fingerprint density at radius 3 is 2.08 bits per heavy atom. The summed E-state index contributed by atoms with van der Waals surface area (Å²) in [6, 6.07) is 0. The highest BCUT2D eigenvalue weighted by Gasteiger charge is 2.38. The minimum atomic E-state index is 0.406. The first kappa shape index (κ1) is 8.55. The highest BCUT2D eigenvalue weighted by atomic mass is 15.2.